The van der Waals surface area contributed by atoms with Crippen LogP contribution < -0.4 is 5.32 Å². The van der Waals surface area contributed by atoms with Gasteiger partial charge < -0.3 is 10.1 Å². The molecule has 2 nitrogen and oxygen atoms in total. The van der Waals surface area contributed by atoms with Gasteiger partial charge in [0.15, 0.2) is 0 Å². The molecular formula is C10H19NO. The van der Waals surface area contributed by atoms with Crippen LogP contribution in [0.15, 0.2) is 12.7 Å². The van der Waals surface area contributed by atoms with Gasteiger partial charge in [0, 0.05) is 6.61 Å². The maximum Gasteiger partial charge on any atom is 0.0644 e. The van der Waals surface area contributed by atoms with Crippen molar-refractivity contribution in [2.45, 2.75) is 19.3 Å². The van der Waals surface area contributed by atoms with E-state index in [1.54, 1.807) is 0 Å². The van der Waals surface area contributed by atoms with Crippen LogP contribution in [0.5, 0.6) is 0 Å². The predicted molar refractivity (Wildman–Crippen MR) is 51.2 cm³/mol. The molecule has 1 aliphatic rings. The Bertz CT molecular complexity index is 119. The number of hydrogen-bond acceptors (Lipinski definition) is 2. The van der Waals surface area contributed by atoms with Crippen LogP contribution in [0.2, 0.25) is 0 Å². The molecule has 0 saturated carbocycles. The van der Waals surface area contributed by atoms with Gasteiger partial charge in [-0.15, -0.1) is 6.58 Å². The molecule has 1 fully saturated rings. The molecule has 1 aliphatic heterocycles. The van der Waals surface area contributed by atoms with Gasteiger partial charge >= 0.3 is 0 Å². The van der Waals surface area contributed by atoms with Crippen molar-refractivity contribution in [1.29, 1.82) is 0 Å². The second-order valence-corrected chi connectivity index (χ2v) is 3.35. The maximum absolute atomic E-state index is 5.35. The van der Waals surface area contributed by atoms with Crippen LogP contribution in [-0.4, -0.2) is 26.3 Å². The fourth-order valence-corrected chi connectivity index (χ4v) is 1.59. The van der Waals surface area contributed by atoms with Gasteiger partial charge in [-0.1, -0.05) is 6.08 Å². The SMILES string of the molecule is C=CCOCCC1CCNCC1. The van der Waals surface area contributed by atoms with Crippen LogP contribution in [-0.2, 0) is 4.74 Å². The lowest BCUT2D eigenvalue weighted by Gasteiger charge is -2.22. The molecule has 0 unspecified atom stereocenters. The first kappa shape index (κ1) is 9.75. The summed E-state index contributed by atoms with van der Waals surface area (Å²) in [5.74, 6) is 0.885. The largest absolute Gasteiger partial charge is 0.377 e. The average molecular weight is 169 g/mol. The van der Waals surface area contributed by atoms with Crippen LogP contribution in [0.1, 0.15) is 19.3 Å². The van der Waals surface area contributed by atoms with Gasteiger partial charge in [-0.2, -0.15) is 0 Å². The molecule has 1 N–H and O–H groups in total. The van der Waals surface area contributed by atoms with Crippen molar-refractivity contribution in [2.75, 3.05) is 26.3 Å². The van der Waals surface area contributed by atoms with Crippen LogP contribution in [0.25, 0.3) is 0 Å². The number of ether oxygens (including phenoxy) is 1. The molecule has 0 aliphatic carbocycles. The zero-order valence-electron chi connectivity index (χ0n) is 7.72. The lowest BCUT2D eigenvalue weighted by molar-refractivity contribution is 0.139. The molecule has 0 bridgehead atoms. The van der Waals surface area contributed by atoms with Gasteiger partial charge in [0.2, 0.25) is 0 Å². The molecular weight excluding hydrogens is 150 g/mol. The molecule has 0 aromatic heterocycles. The third-order valence-electron chi connectivity index (χ3n) is 2.36. The van der Waals surface area contributed by atoms with E-state index >= 15 is 0 Å². The summed E-state index contributed by atoms with van der Waals surface area (Å²) in [6.45, 7) is 7.58. The van der Waals surface area contributed by atoms with Gasteiger partial charge in [-0.3, -0.25) is 0 Å². The smallest absolute Gasteiger partial charge is 0.0644 e. The summed E-state index contributed by atoms with van der Waals surface area (Å²) < 4.78 is 5.35. The van der Waals surface area contributed by atoms with Gasteiger partial charge in [0.25, 0.3) is 0 Å². The third kappa shape index (κ3) is 3.88. The summed E-state index contributed by atoms with van der Waals surface area (Å²) in [4.78, 5) is 0. The molecule has 0 aromatic carbocycles. The maximum atomic E-state index is 5.35. The van der Waals surface area contributed by atoms with E-state index < -0.39 is 0 Å². The molecule has 0 radical (unpaired) electrons. The van der Waals surface area contributed by atoms with Crippen LogP contribution in [0.3, 0.4) is 0 Å². The molecule has 12 heavy (non-hydrogen) atoms. The second-order valence-electron chi connectivity index (χ2n) is 3.35. The first-order valence-corrected chi connectivity index (χ1v) is 4.83. The van der Waals surface area contributed by atoms with Crippen molar-refractivity contribution in [3.8, 4) is 0 Å². The van der Waals surface area contributed by atoms with E-state index in [0.717, 1.165) is 12.5 Å². The molecule has 1 rings (SSSR count). The number of piperidine rings is 1. The van der Waals surface area contributed by atoms with Crippen molar-refractivity contribution in [3.05, 3.63) is 12.7 Å². The van der Waals surface area contributed by atoms with Crippen molar-refractivity contribution in [3.63, 3.8) is 0 Å². The lowest BCUT2D eigenvalue weighted by atomic mass is 9.95. The Balaban J connectivity index is 1.94. The van der Waals surface area contributed by atoms with E-state index in [-0.39, 0.29) is 0 Å². The minimum absolute atomic E-state index is 0.699. The number of rotatable bonds is 5. The normalized spacial score (nSPS) is 19.3. The highest BCUT2D eigenvalue weighted by molar-refractivity contribution is 4.69. The number of nitrogens with one attached hydrogen (secondary N) is 1. The van der Waals surface area contributed by atoms with Gasteiger partial charge in [0.1, 0.15) is 0 Å². The molecule has 1 heterocycles. The predicted octanol–water partition coefficient (Wildman–Crippen LogP) is 1.58. The van der Waals surface area contributed by atoms with Crippen molar-refractivity contribution >= 4 is 0 Å². The summed E-state index contributed by atoms with van der Waals surface area (Å²) in [6, 6.07) is 0. The van der Waals surface area contributed by atoms with E-state index in [2.05, 4.69) is 11.9 Å². The van der Waals surface area contributed by atoms with Gasteiger partial charge in [-0.25, -0.2) is 0 Å². The van der Waals surface area contributed by atoms with E-state index in [4.69, 9.17) is 4.74 Å². The van der Waals surface area contributed by atoms with E-state index in [1.165, 1.54) is 32.4 Å². The van der Waals surface area contributed by atoms with Crippen LogP contribution >= 0.6 is 0 Å². The van der Waals surface area contributed by atoms with E-state index in [9.17, 15) is 0 Å². The fourth-order valence-electron chi connectivity index (χ4n) is 1.59. The molecule has 70 valence electrons. The zero-order valence-corrected chi connectivity index (χ0v) is 7.72. The Kier molecular flexibility index (Phi) is 5.04. The van der Waals surface area contributed by atoms with E-state index in [0.29, 0.717) is 6.61 Å². The minimum Gasteiger partial charge on any atom is -0.377 e. The Labute approximate surface area is 75.0 Å². The van der Waals surface area contributed by atoms with Gasteiger partial charge in [-0.05, 0) is 38.3 Å². The second kappa shape index (κ2) is 6.21. The standard InChI is InChI=1S/C10H19NO/c1-2-8-12-9-5-10-3-6-11-7-4-10/h2,10-11H,1,3-9H2. The Morgan fingerprint density at radius 1 is 1.42 bits per heavy atom. The summed E-state index contributed by atoms with van der Waals surface area (Å²) in [6.07, 6.45) is 5.66. The topological polar surface area (TPSA) is 21.3 Å². The highest BCUT2D eigenvalue weighted by Crippen LogP contribution is 2.15. The monoisotopic (exact) mass is 169 g/mol. The molecule has 0 spiro atoms. The lowest BCUT2D eigenvalue weighted by Crippen LogP contribution is -2.28. The first-order valence-electron chi connectivity index (χ1n) is 4.83. The quantitative estimate of drug-likeness (QED) is 0.498. The Hall–Kier alpha value is -0.340. The molecule has 1 saturated heterocycles. The Morgan fingerprint density at radius 2 is 2.17 bits per heavy atom. The average Bonchev–Trinajstić information content (AvgIpc) is 2.14. The van der Waals surface area contributed by atoms with Gasteiger partial charge in [0.05, 0.1) is 6.61 Å². The highest BCUT2D eigenvalue weighted by Gasteiger charge is 2.11. The zero-order chi connectivity index (χ0) is 8.65. The van der Waals surface area contributed by atoms with Crippen molar-refractivity contribution < 1.29 is 4.74 Å². The van der Waals surface area contributed by atoms with Crippen LogP contribution in [0.4, 0.5) is 0 Å². The molecule has 2 heteroatoms. The minimum atomic E-state index is 0.699. The summed E-state index contributed by atoms with van der Waals surface area (Å²) >= 11 is 0. The Morgan fingerprint density at radius 3 is 2.83 bits per heavy atom. The first-order chi connectivity index (χ1) is 5.93. The highest BCUT2D eigenvalue weighted by atomic mass is 16.5. The summed E-state index contributed by atoms with van der Waals surface area (Å²) in [5, 5.41) is 3.36. The fraction of sp³-hybridized carbons (Fsp3) is 0.800. The third-order valence-corrected chi connectivity index (χ3v) is 2.36. The van der Waals surface area contributed by atoms with Crippen molar-refractivity contribution in [1.82, 2.24) is 5.32 Å². The molecule has 0 aromatic rings. The molecule has 0 amide bonds. The van der Waals surface area contributed by atoms with E-state index in [1.807, 2.05) is 6.08 Å². The molecule has 0 atom stereocenters. The van der Waals surface area contributed by atoms with Crippen molar-refractivity contribution in [2.24, 2.45) is 5.92 Å². The van der Waals surface area contributed by atoms with Crippen LogP contribution in [0, 0.1) is 5.92 Å². The summed E-state index contributed by atoms with van der Waals surface area (Å²) in [7, 11) is 0. The number of hydrogen-bond donors (Lipinski definition) is 1. The summed E-state index contributed by atoms with van der Waals surface area (Å²) in [5.41, 5.74) is 0.